The fourth-order valence-corrected chi connectivity index (χ4v) is 1.64. The van der Waals surface area contributed by atoms with E-state index in [4.69, 9.17) is 10.2 Å². The summed E-state index contributed by atoms with van der Waals surface area (Å²) in [7, 11) is 0. The fourth-order valence-electron chi connectivity index (χ4n) is 1.64. The van der Waals surface area contributed by atoms with Gasteiger partial charge in [0.15, 0.2) is 0 Å². The molecule has 2 rings (SSSR count). The highest BCUT2D eigenvalue weighted by molar-refractivity contribution is 5.85. The van der Waals surface area contributed by atoms with Gasteiger partial charge in [0.25, 0.3) is 0 Å². The van der Waals surface area contributed by atoms with Crippen LogP contribution in [-0.2, 0) is 6.42 Å². The second-order valence-electron chi connectivity index (χ2n) is 3.55. The van der Waals surface area contributed by atoms with Crippen LogP contribution in [0.4, 0.5) is 4.79 Å². The number of aliphatic hydroxyl groups excluding tert-OH is 1. The molecular formula is C11H12N2O3. The number of rotatable bonds is 3. The van der Waals surface area contributed by atoms with E-state index in [0.717, 1.165) is 16.6 Å². The highest BCUT2D eigenvalue weighted by Crippen LogP contribution is 2.15. The smallest absolute Gasteiger partial charge is 0.417 e. The van der Waals surface area contributed by atoms with Crippen LogP contribution in [-0.4, -0.2) is 32.5 Å². The van der Waals surface area contributed by atoms with Gasteiger partial charge in [-0.15, -0.1) is 0 Å². The Morgan fingerprint density at radius 1 is 1.44 bits per heavy atom. The monoisotopic (exact) mass is 220 g/mol. The van der Waals surface area contributed by atoms with Crippen LogP contribution >= 0.6 is 0 Å². The minimum Gasteiger partial charge on any atom is -0.464 e. The molecule has 0 bridgehead atoms. The third-order valence-electron chi connectivity index (χ3n) is 2.44. The molecule has 2 aromatic rings. The Morgan fingerprint density at radius 2 is 2.25 bits per heavy atom. The largest absolute Gasteiger partial charge is 0.464 e. The predicted molar refractivity (Wildman–Crippen MR) is 58.6 cm³/mol. The maximum absolute atomic E-state index is 10.9. The molecule has 1 aromatic heterocycles. The summed E-state index contributed by atoms with van der Waals surface area (Å²) in [5, 5.41) is 17.7. The van der Waals surface area contributed by atoms with Gasteiger partial charge in [0.2, 0.25) is 0 Å². The topological polar surface area (TPSA) is 75.3 Å². The molecule has 0 saturated carbocycles. The maximum atomic E-state index is 10.9. The van der Waals surface area contributed by atoms with Crippen LogP contribution in [0.2, 0.25) is 0 Å². The Morgan fingerprint density at radius 3 is 2.94 bits per heavy atom. The molecule has 16 heavy (non-hydrogen) atoms. The molecule has 84 valence electrons. The lowest BCUT2D eigenvalue weighted by Crippen LogP contribution is -2.05. The summed E-state index contributed by atoms with van der Waals surface area (Å²) < 4.78 is 1.10. The Hall–Kier alpha value is -1.88. The standard InChI is InChI=1S/C11H12N2O3/c14-5-1-2-8-3-4-9-10(6-8)13(7-12-9)11(15)16/h3-4,6-7,14H,1-2,5H2,(H,15,16). The number of carbonyl (C=O) groups is 1. The van der Waals surface area contributed by atoms with Gasteiger partial charge in [-0.1, -0.05) is 6.07 Å². The number of benzene rings is 1. The number of hydrogen-bond donors (Lipinski definition) is 2. The number of imidazole rings is 1. The maximum Gasteiger partial charge on any atom is 0.417 e. The third kappa shape index (κ3) is 1.90. The number of aliphatic hydroxyl groups is 1. The Labute approximate surface area is 92.0 Å². The first-order valence-corrected chi connectivity index (χ1v) is 5.02. The molecule has 0 radical (unpaired) electrons. The van der Waals surface area contributed by atoms with Crippen molar-refractivity contribution in [3.05, 3.63) is 30.1 Å². The molecule has 0 aliphatic rings. The molecule has 1 heterocycles. The van der Waals surface area contributed by atoms with Gasteiger partial charge in [-0.25, -0.2) is 14.3 Å². The van der Waals surface area contributed by atoms with E-state index >= 15 is 0 Å². The molecule has 1 aromatic carbocycles. The van der Waals surface area contributed by atoms with Gasteiger partial charge in [-0.3, -0.25) is 0 Å². The van der Waals surface area contributed by atoms with Crippen LogP contribution in [0.3, 0.4) is 0 Å². The van der Waals surface area contributed by atoms with Gasteiger partial charge in [-0.05, 0) is 30.5 Å². The van der Waals surface area contributed by atoms with Crippen LogP contribution in [0.25, 0.3) is 11.0 Å². The lowest BCUT2D eigenvalue weighted by atomic mass is 10.1. The molecule has 0 unspecified atom stereocenters. The average Bonchev–Trinajstić information content (AvgIpc) is 2.69. The summed E-state index contributed by atoms with van der Waals surface area (Å²) >= 11 is 0. The lowest BCUT2D eigenvalue weighted by molar-refractivity contribution is 0.197. The summed E-state index contributed by atoms with van der Waals surface area (Å²) in [5.41, 5.74) is 2.25. The van der Waals surface area contributed by atoms with Crippen LogP contribution < -0.4 is 0 Å². The van der Waals surface area contributed by atoms with E-state index in [1.54, 1.807) is 12.1 Å². The highest BCUT2D eigenvalue weighted by atomic mass is 16.4. The Balaban J connectivity index is 2.42. The molecule has 2 N–H and O–H groups in total. The first-order chi connectivity index (χ1) is 7.72. The van der Waals surface area contributed by atoms with Crippen LogP contribution in [0, 0.1) is 0 Å². The normalized spacial score (nSPS) is 10.8. The fraction of sp³-hybridized carbons (Fsp3) is 0.273. The van der Waals surface area contributed by atoms with Crippen molar-refractivity contribution in [1.29, 1.82) is 0 Å². The molecule has 0 amide bonds. The number of nitrogens with zero attached hydrogens (tertiary/aromatic N) is 2. The van der Waals surface area contributed by atoms with Crippen molar-refractivity contribution < 1.29 is 15.0 Å². The zero-order valence-electron chi connectivity index (χ0n) is 8.63. The van der Waals surface area contributed by atoms with Gasteiger partial charge in [-0.2, -0.15) is 0 Å². The Kier molecular flexibility index (Phi) is 2.87. The van der Waals surface area contributed by atoms with Gasteiger partial charge in [0.05, 0.1) is 11.0 Å². The minimum absolute atomic E-state index is 0.135. The molecule has 0 aliphatic heterocycles. The molecule has 0 saturated heterocycles. The number of aryl methyl sites for hydroxylation is 1. The van der Waals surface area contributed by atoms with Crippen molar-refractivity contribution in [2.24, 2.45) is 0 Å². The molecule has 0 atom stereocenters. The molecule has 0 spiro atoms. The number of aromatic nitrogens is 2. The molecule has 0 aliphatic carbocycles. The van der Waals surface area contributed by atoms with E-state index in [1.165, 1.54) is 6.33 Å². The lowest BCUT2D eigenvalue weighted by Gasteiger charge is -2.01. The van der Waals surface area contributed by atoms with E-state index in [1.807, 2.05) is 6.07 Å². The molecule has 5 heteroatoms. The first-order valence-electron chi connectivity index (χ1n) is 5.02. The van der Waals surface area contributed by atoms with Crippen LogP contribution in [0.15, 0.2) is 24.5 Å². The molecular weight excluding hydrogens is 208 g/mol. The van der Waals surface area contributed by atoms with Crippen molar-refractivity contribution in [3.63, 3.8) is 0 Å². The number of hydrogen-bond acceptors (Lipinski definition) is 3. The van der Waals surface area contributed by atoms with E-state index < -0.39 is 6.09 Å². The Bertz CT molecular complexity index is 519. The predicted octanol–water partition coefficient (Wildman–Crippen LogP) is 1.49. The van der Waals surface area contributed by atoms with Crippen molar-refractivity contribution >= 4 is 17.1 Å². The molecule has 5 nitrogen and oxygen atoms in total. The van der Waals surface area contributed by atoms with Crippen LogP contribution in [0.5, 0.6) is 0 Å². The van der Waals surface area contributed by atoms with Gasteiger partial charge >= 0.3 is 6.09 Å². The van der Waals surface area contributed by atoms with Gasteiger partial charge in [0.1, 0.15) is 6.33 Å². The minimum atomic E-state index is -1.04. The van der Waals surface area contributed by atoms with E-state index in [-0.39, 0.29) is 6.61 Å². The SMILES string of the molecule is O=C(O)n1cnc2ccc(CCCO)cc21. The van der Waals surface area contributed by atoms with Crippen molar-refractivity contribution in [3.8, 4) is 0 Å². The number of fused-ring (bicyclic) bond motifs is 1. The average molecular weight is 220 g/mol. The van der Waals surface area contributed by atoms with E-state index in [0.29, 0.717) is 17.5 Å². The zero-order valence-corrected chi connectivity index (χ0v) is 8.63. The van der Waals surface area contributed by atoms with Crippen LogP contribution in [0.1, 0.15) is 12.0 Å². The van der Waals surface area contributed by atoms with Crippen molar-refractivity contribution in [1.82, 2.24) is 9.55 Å². The highest BCUT2D eigenvalue weighted by Gasteiger charge is 2.08. The van der Waals surface area contributed by atoms with Gasteiger partial charge in [0, 0.05) is 6.61 Å². The summed E-state index contributed by atoms with van der Waals surface area (Å²) in [6.45, 7) is 0.135. The second kappa shape index (κ2) is 4.32. The quantitative estimate of drug-likeness (QED) is 0.821. The summed E-state index contributed by atoms with van der Waals surface area (Å²) in [6, 6.07) is 5.49. The van der Waals surface area contributed by atoms with E-state index in [9.17, 15) is 4.79 Å². The van der Waals surface area contributed by atoms with Crippen molar-refractivity contribution in [2.75, 3.05) is 6.61 Å². The van der Waals surface area contributed by atoms with Crippen molar-refractivity contribution in [2.45, 2.75) is 12.8 Å². The van der Waals surface area contributed by atoms with Gasteiger partial charge < -0.3 is 10.2 Å². The second-order valence-corrected chi connectivity index (χ2v) is 3.55. The molecule has 0 fully saturated rings. The van der Waals surface area contributed by atoms with E-state index in [2.05, 4.69) is 4.98 Å². The summed E-state index contributed by atoms with van der Waals surface area (Å²) in [5.74, 6) is 0. The summed E-state index contributed by atoms with van der Waals surface area (Å²) in [6.07, 6.45) is 1.66. The third-order valence-corrected chi connectivity index (χ3v) is 2.44. The zero-order chi connectivity index (χ0) is 11.5. The number of carboxylic acid groups (broad SMARTS) is 1. The first kappa shape index (κ1) is 10.6. The summed E-state index contributed by atoms with van der Waals surface area (Å²) in [4.78, 5) is 14.9.